The average molecular weight is 354 g/mol. The second kappa shape index (κ2) is 6.44. The van der Waals surface area contributed by atoms with Crippen molar-refractivity contribution in [3.8, 4) is 11.4 Å². The van der Waals surface area contributed by atoms with Crippen LogP contribution in [0.5, 0.6) is 0 Å². The number of rotatable bonds is 6. The summed E-state index contributed by atoms with van der Waals surface area (Å²) in [5, 5.41) is 3.14. The largest absolute Gasteiger partial charge is 0.370 e. The molecule has 136 valence electrons. The monoisotopic (exact) mass is 354 g/mol. The molecule has 3 aromatic heterocycles. The van der Waals surface area contributed by atoms with Gasteiger partial charge in [-0.3, -0.25) is 13.9 Å². The first-order valence-corrected chi connectivity index (χ1v) is 9.09. The number of aromatic amines is 1. The molecule has 0 spiro atoms. The molecule has 8 heteroatoms. The Labute approximate surface area is 149 Å². The minimum Gasteiger partial charge on any atom is -0.370 e. The van der Waals surface area contributed by atoms with E-state index in [4.69, 9.17) is 0 Å². The SMILES string of the molecule is CCCn1c(=O)n(C2CC2)c(=O)c2[nH]c(-c3ccc(NCC)nc3)nc21. The summed E-state index contributed by atoms with van der Waals surface area (Å²) in [4.78, 5) is 37.6. The lowest BCUT2D eigenvalue weighted by atomic mass is 10.2. The summed E-state index contributed by atoms with van der Waals surface area (Å²) < 4.78 is 2.99. The molecule has 0 bridgehead atoms. The van der Waals surface area contributed by atoms with Gasteiger partial charge in [0.15, 0.2) is 5.65 Å². The Morgan fingerprint density at radius 3 is 2.69 bits per heavy atom. The number of H-pyrrole nitrogens is 1. The molecule has 4 rings (SSSR count). The van der Waals surface area contributed by atoms with E-state index in [9.17, 15) is 9.59 Å². The maximum atomic E-state index is 12.8. The normalized spacial score (nSPS) is 14.1. The number of anilines is 1. The Morgan fingerprint density at radius 1 is 1.27 bits per heavy atom. The van der Waals surface area contributed by atoms with Crippen LogP contribution in [0.4, 0.5) is 5.82 Å². The van der Waals surface area contributed by atoms with E-state index in [-0.39, 0.29) is 17.3 Å². The number of aromatic nitrogens is 5. The fourth-order valence-corrected chi connectivity index (χ4v) is 3.17. The molecule has 0 radical (unpaired) electrons. The predicted octanol–water partition coefficient (Wildman–Crippen LogP) is 2.12. The number of nitrogens with zero attached hydrogens (tertiary/aromatic N) is 4. The first kappa shape index (κ1) is 16.6. The van der Waals surface area contributed by atoms with Crippen LogP contribution in [0.15, 0.2) is 27.9 Å². The van der Waals surface area contributed by atoms with Crippen molar-refractivity contribution in [1.82, 2.24) is 24.1 Å². The van der Waals surface area contributed by atoms with E-state index < -0.39 is 0 Å². The molecule has 3 heterocycles. The number of fused-ring (bicyclic) bond motifs is 1. The van der Waals surface area contributed by atoms with E-state index in [0.29, 0.717) is 23.5 Å². The van der Waals surface area contributed by atoms with Gasteiger partial charge in [0.2, 0.25) is 0 Å². The van der Waals surface area contributed by atoms with Crippen LogP contribution in [0, 0.1) is 0 Å². The highest BCUT2D eigenvalue weighted by Crippen LogP contribution is 2.32. The fraction of sp³-hybridized carbons (Fsp3) is 0.444. The van der Waals surface area contributed by atoms with Crippen molar-refractivity contribution >= 4 is 17.0 Å². The molecule has 0 aromatic carbocycles. The van der Waals surface area contributed by atoms with Crippen LogP contribution in [0.3, 0.4) is 0 Å². The summed E-state index contributed by atoms with van der Waals surface area (Å²) in [7, 11) is 0. The van der Waals surface area contributed by atoms with Crippen molar-refractivity contribution < 1.29 is 0 Å². The van der Waals surface area contributed by atoms with E-state index in [1.165, 1.54) is 4.57 Å². The molecule has 1 aliphatic carbocycles. The summed E-state index contributed by atoms with van der Waals surface area (Å²) in [5.41, 5.74) is 1.04. The number of hydrogen-bond acceptors (Lipinski definition) is 5. The first-order valence-electron chi connectivity index (χ1n) is 9.09. The Morgan fingerprint density at radius 2 is 2.08 bits per heavy atom. The molecule has 2 N–H and O–H groups in total. The maximum absolute atomic E-state index is 12.8. The molecule has 0 saturated heterocycles. The van der Waals surface area contributed by atoms with E-state index in [1.54, 1.807) is 10.8 Å². The number of nitrogens with one attached hydrogen (secondary N) is 2. The smallest absolute Gasteiger partial charge is 0.333 e. The van der Waals surface area contributed by atoms with Gasteiger partial charge in [-0.05, 0) is 38.3 Å². The van der Waals surface area contributed by atoms with E-state index in [2.05, 4.69) is 20.3 Å². The highest BCUT2D eigenvalue weighted by atomic mass is 16.2. The summed E-state index contributed by atoms with van der Waals surface area (Å²) in [5.74, 6) is 1.33. The molecular weight excluding hydrogens is 332 g/mol. The number of imidazole rings is 1. The average Bonchev–Trinajstić information content (AvgIpc) is 3.37. The highest BCUT2D eigenvalue weighted by molar-refractivity contribution is 5.75. The van der Waals surface area contributed by atoms with Gasteiger partial charge in [-0.1, -0.05) is 6.92 Å². The van der Waals surface area contributed by atoms with E-state index in [0.717, 1.165) is 37.2 Å². The molecule has 26 heavy (non-hydrogen) atoms. The van der Waals surface area contributed by atoms with Crippen LogP contribution in [0.1, 0.15) is 39.2 Å². The van der Waals surface area contributed by atoms with Crippen LogP contribution in [-0.2, 0) is 6.54 Å². The third-order valence-corrected chi connectivity index (χ3v) is 4.56. The summed E-state index contributed by atoms with van der Waals surface area (Å²) in [6, 6.07) is 3.79. The Bertz CT molecular complexity index is 1060. The molecule has 1 aliphatic rings. The lowest BCUT2D eigenvalue weighted by Crippen LogP contribution is -2.39. The molecule has 3 aromatic rings. The molecule has 1 saturated carbocycles. The third-order valence-electron chi connectivity index (χ3n) is 4.56. The zero-order valence-electron chi connectivity index (χ0n) is 15.0. The van der Waals surface area contributed by atoms with Crippen LogP contribution in [0.25, 0.3) is 22.6 Å². The van der Waals surface area contributed by atoms with Crippen molar-refractivity contribution in [1.29, 1.82) is 0 Å². The standard InChI is InChI=1S/C18H22N6O2/c1-3-9-23-16-14(17(25)24(18(23)26)12-6-7-12)21-15(22-16)11-5-8-13(19-4-2)20-10-11/h5,8,10,12H,3-4,6-7,9H2,1-2H3,(H,19,20)(H,21,22). The molecule has 0 amide bonds. The van der Waals surface area contributed by atoms with Crippen molar-refractivity contribution in [3.63, 3.8) is 0 Å². The molecule has 8 nitrogen and oxygen atoms in total. The Hall–Kier alpha value is -2.90. The summed E-state index contributed by atoms with van der Waals surface area (Å²) in [6.07, 6.45) is 4.25. The van der Waals surface area contributed by atoms with Gasteiger partial charge in [0.25, 0.3) is 5.56 Å². The minimum atomic E-state index is -0.282. The lowest BCUT2D eigenvalue weighted by molar-refractivity contribution is 0.571. The molecule has 0 atom stereocenters. The molecular formula is C18H22N6O2. The van der Waals surface area contributed by atoms with Gasteiger partial charge in [-0.2, -0.15) is 0 Å². The number of pyridine rings is 1. The van der Waals surface area contributed by atoms with Crippen molar-refractivity contribution in [3.05, 3.63) is 39.2 Å². The molecule has 0 unspecified atom stereocenters. The number of hydrogen-bond donors (Lipinski definition) is 2. The molecule has 0 aliphatic heterocycles. The van der Waals surface area contributed by atoms with Crippen molar-refractivity contribution in [2.45, 2.75) is 45.7 Å². The van der Waals surface area contributed by atoms with E-state index in [1.807, 2.05) is 26.0 Å². The van der Waals surface area contributed by atoms with Crippen LogP contribution in [-0.4, -0.2) is 30.6 Å². The second-order valence-electron chi connectivity index (χ2n) is 6.59. The van der Waals surface area contributed by atoms with Gasteiger partial charge >= 0.3 is 5.69 Å². The zero-order valence-corrected chi connectivity index (χ0v) is 15.0. The Balaban J connectivity index is 1.88. The zero-order chi connectivity index (χ0) is 18.3. The second-order valence-corrected chi connectivity index (χ2v) is 6.59. The highest BCUT2D eigenvalue weighted by Gasteiger charge is 2.29. The minimum absolute atomic E-state index is 0.0234. The quantitative estimate of drug-likeness (QED) is 0.707. The van der Waals surface area contributed by atoms with Crippen molar-refractivity contribution in [2.24, 2.45) is 0 Å². The maximum Gasteiger partial charge on any atom is 0.333 e. The van der Waals surface area contributed by atoms with Crippen LogP contribution < -0.4 is 16.6 Å². The van der Waals surface area contributed by atoms with Gasteiger partial charge in [-0.25, -0.2) is 14.8 Å². The first-order chi connectivity index (χ1) is 12.6. The topological polar surface area (TPSA) is 97.6 Å². The lowest BCUT2D eigenvalue weighted by Gasteiger charge is -2.09. The fourth-order valence-electron chi connectivity index (χ4n) is 3.17. The summed E-state index contributed by atoms with van der Waals surface area (Å²) >= 11 is 0. The predicted molar refractivity (Wildman–Crippen MR) is 101 cm³/mol. The molecule has 1 fully saturated rings. The van der Waals surface area contributed by atoms with Gasteiger partial charge in [-0.15, -0.1) is 0 Å². The van der Waals surface area contributed by atoms with Gasteiger partial charge in [0, 0.05) is 30.9 Å². The van der Waals surface area contributed by atoms with Gasteiger partial charge in [0.05, 0.1) is 0 Å². The van der Waals surface area contributed by atoms with Crippen molar-refractivity contribution in [2.75, 3.05) is 11.9 Å². The van der Waals surface area contributed by atoms with E-state index >= 15 is 0 Å². The van der Waals surface area contributed by atoms with Gasteiger partial charge in [0.1, 0.15) is 17.2 Å². The van der Waals surface area contributed by atoms with Gasteiger partial charge < -0.3 is 10.3 Å². The van der Waals surface area contributed by atoms with Crippen LogP contribution in [0.2, 0.25) is 0 Å². The van der Waals surface area contributed by atoms with Crippen LogP contribution >= 0.6 is 0 Å². The summed E-state index contributed by atoms with van der Waals surface area (Å²) in [6.45, 7) is 5.33. The third kappa shape index (κ3) is 2.71. The Kier molecular flexibility index (Phi) is 4.10. The number of aryl methyl sites for hydroxylation is 1.